The van der Waals surface area contributed by atoms with E-state index in [9.17, 15) is 13.2 Å². The molecule has 1 aliphatic carbocycles. The Bertz CT molecular complexity index is 874. The average molecular weight is 330 g/mol. The maximum atomic E-state index is 12.6. The van der Waals surface area contributed by atoms with Crippen LogP contribution in [0, 0.1) is 0 Å². The Morgan fingerprint density at radius 1 is 1.04 bits per heavy atom. The summed E-state index contributed by atoms with van der Waals surface area (Å²) in [5.41, 5.74) is 0. The number of hydrogen-bond donors (Lipinski definition) is 1. The van der Waals surface area contributed by atoms with Crippen molar-refractivity contribution in [2.24, 2.45) is 0 Å². The van der Waals surface area contributed by atoms with E-state index in [1.165, 1.54) is 0 Å². The summed E-state index contributed by atoms with van der Waals surface area (Å²) in [7, 11) is -3.62. The Hall–Kier alpha value is -1.92. The van der Waals surface area contributed by atoms with E-state index in [0.717, 1.165) is 23.6 Å². The van der Waals surface area contributed by atoms with E-state index < -0.39 is 10.0 Å². The number of likely N-dealkylation sites (tertiary alicyclic amines) is 1. The molecule has 0 aromatic heterocycles. The molecule has 0 radical (unpaired) electrons. The highest BCUT2D eigenvalue weighted by molar-refractivity contribution is 7.89. The number of nitrogens with one attached hydrogen (secondary N) is 1. The molecule has 1 aliphatic heterocycles. The van der Waals surface area contributed by atoms with Crippen LogP contribution in [0.25, 0.3) is 10.8 Å². The minimum atomic E-state index is -3.62. The molecule has 2 aromatic rings. The molecule has 1 amide bonds. The van der Waals surface area contributed by atoms with Gasteiger partial charge in [0.1, 0.15) is 0 Å². The molecule has 2 aromatic carbocycles. The van der Waals surface area contributed by atoms with Gasteiger partial charge >= 0.3 is 0 Å². The summed E-state index contributed by atoms with van der Waals surface area (Å²) in [4.78, 5) is 14.0. The highest BCUT2D eigenvalue weighted by atomic mass is 32.2. The summed E-state index contributed by atoms with van der Waals surface area (Å²) in [6, 6.07) is 12.7. The number of amides is 1. The molecule has 1 saturated carbocycles. The third-order valence-electron chi connectivity index (χ3n) is 4.50. The lowest BCUT2D eigenvalue weighted by Crippen LogP contribution is -2.37. The summed E-state index contributed by atoms with van der Waals surface area (Å²) in [5, 5.41) is 1.89. The number of fused-ring (bicyclic) bond motifs is 1. The molecule has 0 spiro atoms. The minimum absolute atomic E-state index is 0.0544. The zero-order chi connectivity index (χ0) is 16.0. The number of nitrogens with zero attached hydrogens (tertiary/aromatic N) is 1. The minimum Gasteiger partial charge on any atom is -0.338 e. The zero-order valence-electron chi connectivity index (χ0n) is 12.6. The summed E-state index contributed by atoms with van der Waals surface area (Å²) >= 11 is 0. The van der Waals surface area contributed by atoms with E-state index in [0.29, 0.717) is 12.6 Å². The highest BCUT2D eigenvalue weighted by Gasteiger charge is 2.40. The van der Waals surface area contributed by atoms with Crippen LogP contribution in [0.3, 0.4) is 0 Å². The van der Waals surface area contributed by atoms with Crippen LogP contribution < -0.4 is 4.72 Å². The fourth-order valence-electron chi connectivity index (χ4n) is 3.17. The molecule has 0 bridgehead atoms. The fraction of sp³-hybridized carbons (Fsp3) is 0.353. The van der Waals surface area contributed by atoms with Crippen LogP contribution >= 0.6 is 0 Å². The second-order valence-electron chi connectivity index (χ2n) is 6.31. The van der Waals surface area contributed by atoms with E-state index in [4.69, 9.17) is 0 Å². The van der Waals surface area contributed by atoms with Crippen LogP contribution in [0.5, 0.6) is 0 Å². The first-order chi connectivity index (χ1) is 11.0. The maximum Gasteiger partial charge on any atom is 0.240 e. The average Bonchev–Trinajstić information content (AvgIpc) is 3.31. The van der Waals surface area contributed by atoms with Crippen molar-refractivity contribution >= 4 is 26.7 Å². The van der Waals surface area contributed by atoms with Crippen molar-refractivity contribution in [3.8, 4) is 0 Å². The summed E-state index contributed by atoms with van der Waals surface area (Å²) in [5.74, 6) is 0.0544. The van der Waals surface area contributed by atoms with E-state index in [1.807, 2.05) is 29.2 Å². The van der Waals surface area contributed by atoms with Gasteiger partial charge in [-0.2, -0.15) is 0 Å². The second kappa shape index (κ2) is 5.32. The monoisotopic (exact) mass is 330 g/mol. The second-order valence-corrected chi connectivity index (χ2v) is 8.02. The molecule has 1 N–H and O–H groups in total. The van der Waals surface area contributed by atoms with E-state index in [2.05, 4.69) is 4.72 Å². The van der Waals surface area contributed by atoms with Crippen LogP contribution in [0.15, 0.2) is 47.4 Å². The number of carbonyl (C=O) groups is 1. The Morgan fingerprint density at radius 2 is 1.78 bits per heavy atom. The first-order valence-electron chi connectivity index (χ1n) is 7.83. The number of hydrogen-bond acceptors (Lipinski definition) is 3. The summed E-state index contributed by atoms with van der Waals surface area (Å²) in [6.45, 7) is 0.482. The molecular formula is C17H18N2O3S. The molecule has 5 nitrogen and oxygen atoms in total. The van der Waals surface area contributed by atoms with Gasteiger partial charge in [-0.05, 0) is 35.7 Å². The Balaban J connectivity index is 1.56. The molecule has 6 heteroatoms. The normalized spacial score (nSPS) is 22.0. The van der Waals surface area contributed by atoms with Gasteiger partial charge < -0.3 is 4.90 Å². The van der Waals surface area contributed by atoms with Gasteiger partial charge in [0.15, 0.2) is 0 Å². The van der Waals surface area contributed by atoms with E-state index in [-0.39, 0.29) is 23.3 Å². The fourth-order valence-corrected chi connectivity index (χ4v) is 4.43. The van der Waals surface area contributed by atoms with Crippen molar-refractivity contribution in [3.63, 3.8) is 0 Å². The van der Waals surface area contributed by atoms with Gasteiger partial charge in [-0.3, -0.25) is 4.79 Å². The molecule has 4 rings (SSSR count). The number of benzene rings is 2. The van der Waals surface area contributed by atoms with Crippen LogP contribution in [0.1, 0.15) is 19.3 Å². The first kappa shape index (κ1) is 14.7. The van der Waals surface area contributed by atoms with Crippen molar-refractivity contribution < 1.29 is 13.2 Å². The lowest BCUT2D eigenvalue weighted by molar-refractivity contribution is -0.128. The molecule has 1 heterocycles. The standard InChI is InChI=1S/C17H18N2O3S/c20-17-10-14(11-19(17)15-6-7-15)18-23(21,22)16-8-5-12-3-1-2-4-13(12)9-16/h1-5,8-9,14-15,18H,6-7,10-11H2. The van der Waals surface area contributed by atoms with Crippen LogP contribution in [-0.4, -0.2) is 37.9 Å². The summed E-state index contributed by atoms with van der Waals surface area (Å²) in [6.07, 6.45) is 2.33. The Morgan fingerprint density at radius 3 is 2.52 bits per heavy atom. The molecule has 2 fully saturated rings. The van der Waals surface area contributed by atoms with Crippen molar-refractivity contribution in [1.82, 2.24) is 9.62 Å². The molecule has 23 heavy (non-hydrogen) atoms. The van der Waals surface area contributed by atoms with Gasteiger partial charge in [0.2, 0.25) is 15.9 Å². The van der Waals surface area contributed by atoms with Crippen molar-refractivity contribution in [3.05, 3.63) is 42.5 Å². The van der Waals surface area contributed by atoms with Gasteiger partial charge in [0.25, 0.3) is 0 Å². The third kappa shape index (κ3) is 2.84. The first-order valence-corrected chi connectivity index (χ1v) is 9.32. The SMILES string of the molecule is O=C1CC(NS(=O)(=O)c2ccc3ccccc3c2)CN1C1CC1. The number of sulfonamides is 1. The van der Waals surface area contributed by atoms with Gasteiger partial charge in [0.05, 0.1) is 4.90 Å². The van der Waals surface area contributed by atoms with Gasteiger partial charge in [0, 0.05) is 25.0 Å². The predicted octanol–water partition coefficient (Wildman–Crippen LogP) is 1.88. The van der Waals surface area contributed by atoms with Gasteiger partial charge in [-0.15, -0.1) is 0 Å². The third-order valence-corrected chi connectivity index (χ3v) is 6.02. The maximum absolute atomic E-state index is 12.6. The number of carbonyl (C=O) groups excluding carboxylic acids is 1. The van der Waals surface area contributed by atoms with Crippen molar-refractivity contribution in [1.29, 1.82) is 0 Å². The molecule has 120 valence electrons. The topological polar surface area (TPSA) is 66.5 Å². The quantitative estimate of drug-likeness (QED) is 0.931. The molecule has 1 unspecified atom stereocenters. The van der Waals surface area contributed by atoms with Crippen LogP contribution in [0.2, 0.25) is 0 Å². The molecule has 1 saturated heterocycles. The van der Waals surface area contributed by atoms with E-state index in [1.54, 1.807) is 18.2 Å². The van der Waals surface area contributed by atoms with Crippen molar-refractivity contribution in [2.45, 2.75) is 36.2 Å². The number of rotatable bonds is 4. The largest absolute Gasteiger partial charge is 0.338 e. The van der Waals surface area contributed by atoms with Crippen LogP contribution in [-0.2, 0) is 14.8 Å². The zero-order valence-corrected chi connectivity index (χ0v) is 13.4. The van der Waals surface area contributed by atoms with Gasteiger partial charge in [-0.25, -0.2) is 13.1 Å². The lowest BCUT2D eigenvalue weighted by Gasteiger charge is -2.16. The predicted molar refractivity (Wildman–Crippen MR) is 87.4 cm³/mol. The smallest absolute Gasteiger partial charge is 0.240 e. The van der Waals surface area contributed by atoms with Crippen LogP contribution in [0.4, 0.5) is 0 Å². The molecule has 1 atom stereocenters. The highest BCUT2D eigenvalue weighted by Crippen LogP contribution is 2.31. The molecule has 2 aliphatic rings. The van der Waals surface area contributed by atoms with E-state index >= 15 is 0 Å². The van der Waals surface area contributed by atoms with Gasteiger partial charge in [-0.1, -0.05) is 30.3 Å². The Labute approximate surface area is 135 Å². The molecular weight excluding hydrogens is 312 g/mol. The summed E-state index contributed by atoms with van der Waals surface area (Å²) < 4.78 is 27.9. The Kier molecular flexibility index (Phi) is 3.39. The van der Waals surface area contributed by atoms with Crippen molar-refractivity contribution in [2.75, 3.05) is 6.54 Å². The lowest BCUT2D eigenvalue weighted by atomic mass is 10.1.